The van der Waals surface area contributed by atoms with Gasteiger partial charge in [-0.1, -0.05) is 35.3 Å². The number of carbonyl (C=O) groups excluding carboxylic acids is 2. The number of nitrogens with zero attached hydrogens (tertiary/aromatic N) is 1. The first kappa shape index (κ1) is 24.3. The van der Waals surface area contributed by atoms with Crippen molar-refractivity contribution in [1.29, 1.82) is 0 Å². The normalized spacial score (nSPS) is 11.1. The topological polar surface area (TPSA) is 79.8 Å². The maximum atomic E-state index is 12.1. The second kappa shape index (κ2) is 11.0. The molecule has 2 amide bonds. The number of hydrazone groups is 1. The SMILES string of the molecule is CC(=NNC(=O)C(=O)Nc1ccc(C)c(C)c1)c1ccc(OCc2c(Cl)cccc2Cl)cc1. The summed E-state index contributed by atoms with van der Waals surface area (Å²) in [5, 5.41) is 7.66. The third-order valence-electron chi connectivity index (χ3n) is 5.01. The van der Waals surface area contributed by atoms with Gasteiger partial charge in [-0.2, -0.15) is 5.10 Å². The monoisotopic (exact) mass is 483 g/mol. The highest BCUT2D eigenvalue weighted by molar-refractivity contribution is 6.39. The van der Waals surface area contributed by atoms with Crippen molar-refractivity contribution in [2.24, 2.45) is 5.10 Å². The minimum absolute atomic E-state index is 0.233. The van der Waals surface area contributed by atoms with E-state index >= 15 is 0 Å². The van der Waals surface area contributed by atoms with Gasteiger partial charge in [-0.05, 0) is 86.0 Å². The fraction of sp³-hybridized carbons (Fsp3) is 0.160. The van der Waals surface area contributed by atoms with Crippen LogP contribution in [0.5, 0.6) is 5.75 Å². The van der Waals surface area contributed by atoms with Crippen LogP contribution in [0.25, 0.3) is 0 Å². The van der Waals surface area contributed by atoms with Crippen molar-refractivity contribution in [2.75, 3.05) is 5.32 Å². The predicted octanol–water partition coefficient (Wildman–Crippen LogP) is 5.67. The maximum Gasteiger partial charge on any atom is 0.329 e. The first-order valence-electron chi connectivity index (χ1n) is 10.1. The van der Waals surface area contributed by atoms with Gasteiger partial charge in [0.15, 0.2) is 0 Å². The first-order valence-corrected chi connectivity index (χ1v) is 10.9. The van der Waals surface area contributed by atoms with Gasteiger partial charge in [-0.25, -0.2) is 5.43 Å². The molecule has 0 heterocycles. The van der Waals surface area contributed by atoms with Gasteiger partial charge in [-0.15, -0.1) is 0 Å². The van der Waals surface area contributed by atoms with E-state index in [9.17, 15) is 9.59 Å². The van der Waals surface area contributed by atoms with E-state index in [1.165, 1.54) is 0 Å². The van der Waals surface area contributed by atoms with Gasteiger partial charge in [0.25, 0.3) is 0 Å². The number of ether oxygens (including phenoxy) is 1. The molecule has 170 valence electrons. The Hall–Kier alpha value is -3.35. The summed E-state index contributed by atoms with van der Waals surface area (Å²) in [5.74, 6) is -1.03. The summed E-state index contributed by atoms with van der Waals surface area (Å²) in [5.41, 5.74) is 6.94. The molecule has 0 saturated carbocycles. The lowest BCUT2D eigenvalue weighted by molar-refractivity contribution is -0.136. The Labute approximate surface area is 202 Å². The molecule has 0 aliphatic heterocycles. The Morgan fingerprint density at radius 1 is 0.909 bits per heavy atom. The van der Waals surface area contributed by atoms with E-state index in [0.29, 0.717) is 32.8 Å². The van der Waals surface area contributed by atoms with Crippen LogP contribution in [0.4, 0.5) is 5.69 Å². The van der Waals surface area contributed by atoms with E-state index < -0.39 is 11.8 Å². The molecule has 3 rings (SSSR count). The third-order valence-corrected chi connectivity index (χ3v) is 5.72. The molecule has 0 unspecified atom stereocenters. The van der Waals surface area contributed by atoms with Crippen LogP contribution in [0, 0.1) is 13.8 Å². The minimum Gasteiger partial charge on any atom is -0.489 e. The molecular weight excluding hydrogens is 461 g/mol. The molecule has 0 atom stereocenters. The summed E-state index contributed by atoms with van der Waals surface area (Å²) in [4.78, 5) is 24.2. The van der Waals surface area contributed by atoms with Crippen LogP contribution in [0.3, 0.4) is 0 Å². The molecule has 6 nitrogen and oxygen atoms in total. The molecular formula is C25H23Cl2N3O3. The van der Waals surface area contributed by atoms with E-state index in [2.05, 4.69) is 15.8 Å². The van der Waals surface area contributed by atoms with Crippen LogP contribution in [-0.2, 0) is 16.2 Å². The zero-order chi connectivity index (χ0) is 24.0. The number of rotatable bonds is 6. The van der Waals surface area contributed by atoms with Gasteiger partial charge < -0.3 is 10.1 Å². The molecule has 0 aliphatic rings. The van der Waals surface area contributed by atoms with Crippen LogP contribution in [0.2, 0.25) is 10.0 Å². The molecule has 3 aromatic carbocycles. The highest BCUT2D eigenvalue weighted by Crippen LogP contribution is 2.26. The van der Waals surface area contributed by atoms with E-state index in [0.717, 1.165) is 16.7 Å². The van der Waals surface area contributed by atoms with Gasteiger partial charge >= 0.3 is 11.8 Å². The average Bonchev–Trinajstić information content (AvgIpc) is 2.79. The highest BCUT2D eigenvalue weighted by Gasteiger charge is 2.14. The van der Waals surface area contributed by atoms with Gasteiger partial charge in [0.1, 0.15) is 12.4 Å². The second-order valence-corrected chi connectivity index (χ2v) is 8.22. The van der Waals surface area contributed by atoms with Crippen LogP contribution in [0.1, 0.15) is 29.2 Å². The molecule has 0 bridgehead atoms. The Morgan fingerprint density at radius 2 is 1.58 bits per heavy atom. The summed E-state index contributed by atoms with van der Waals surface area (Å²) in [7, 11) is 0. The molecule has 0 aromatic heterocycles. The Balaban J connectivity index is 1.56. The predicted molar refractivity (Wildman–Crippen MR) is 132 cm³/mol. The smallest absolute Gasteiger partial charge is 0.329 e. The molecule has 0 radical (unpaired) electrons. The number of anilines is 1. The largest absolute Gasteiger partial charge is 0.489 e. The lowest BCUT2D eigenvalue weighted by Gasteiger charge is -2.10. The maximum absolute atomic E-state index is 12.1. The molecule has 8 heteroatoms. The van der Waals surface area contributed by atoms with Crippen molar-refractivity contribution in [3.05, 3.63) is 93.0 Å². The molecule has 2 N–H and O–H groups in total. The number of carbonyl (C=O) groups is 2. The Kier molecular flexibility index (Phi) is 8.09. The van der Waals surface area contributed by atoms with Gasteiger partial charge in [-0.3, -0.25) is 9.59 Å². The number of nitrogens with one attached hydrogen (secondary N) is 2. The van der Waals surface area contributed by atoms with Crippen molar-refractivity contribution in [3.63, 3.8) is 0 Å². The van der Waals surface area contributed by atoms with Crippen molar-refractivity contribution < 1.29 is 14.3 Å². The molecule has 0 spiro atoms. The van der Waals surface area contributed by atoms with Crippen molar-refractivity contribution in [3.8, 4) is 5.75 Å². The number of hydrogen-bond acceptors (Lipinski definition) is 4. The summed E-state index contributed by atoms with van der Waals surface area (Å²) in [6, 6.07) is 17.8. The van der Waals surface area contributed by atoms with E-state index in [1.54, 1.807) is 61.5 Å². The highest BCUT2D eigenvalue weighted by atomic mass is 35.5. The molecule has 3 aromatic rings. The fourth-order valence-electron chi connectivity index (χ4n) is 2.88. The lowest BCUT2D eigenvalue weighted by atomic mass is 10.1. The van der Waals surface area contributed by atoms with Crippen molar-refractivity contribution in [1.82, 2.24) is 5.43 Å². The molecule has 0 saturated heterocycles. The van der Waals surface area contributed by atoms with Gasteiger partial charge in [0, 0.05) is 21.3 Å². The molecule has 33 heavy (non-hydrogen) atoms. The lowest BCUT2D eigenvalue weighted by Crippen LogP contribution is -2.33. The van der Waals surface area contributed by atoms with Crippen LogP contribution in [-0.4, -0.2) is 17.5 Å². The fourth-order valence-corrected chi connectivity index (χ4v) is 3.38. The number of benzene rings is 3. The van der Waals surface area contributed by atoms with Crippen molar-refractivity contribution >= 4 is 46.4 Å². The zero-order valence-corrected chi connectivity index (χ0v) is 19.9. The minimum atomic E-state index is -0.857. The average molecular weight is 484 g/mol. The summed E-state index contributed by atoms with van der Waals surface area (Å²) < 4.78 is 5.76. The van der Waals surface area contributed by atoms with Gasteiger partial charge in [0.2, 0.25) is 0 Å². The van der Waals surface area contributed by atoms with E-state index in [1.807, 2.05) is 19.9 Å². The van der Waals surface area contributed by atoms with E-state index in [4.69, 9.17) is 27.9 Å². The number of amides is 2. The van der Waals surface area contributed by atoms with Crippen LogP contribution in [0.15, 0.2) is 65.8 Å². The summed E-state index contributed by atoms with van der Waals surface area (Å²) in [6.07, 6.45) is 0. The zero-order valence-electron chi connectivity index (χ0n) is 18.4. The summed E-state index contributed by atoms with van der Waals surface area (Å²) in [6.45, 7) is 5.86. The van der Waals surface area contributed by atoms with E-state index in [-0.39, 0.29) is 6.61 Å². The Bertz CT molecular complexity index is 1190. The Morgan fingerprint density at radius 3 is 2.21 bits per heavy atom. The second-order valence-electron chi connectivity index (χ2n) is 7.40. The summed E-state index contributed by atoms with van der Waals surface area (Å²) >= 11 is 12.3. The standard InChI is InChI=1S/C25H23Cl2N3O3/c1-15-7-10-19(13-16(15)2)28-24(31)25(32)30-29-17(3)18-8-11-20(12-9-18)33-14-21-22(26)5-4-6-23(21)27/h4-13H,14H2,1-3H3,(H,28,31)(H,30,32). The molecule has 0 fully saturated rings. The first-order chi connectivity index (χ1) is 15.7. The third kappa shape index (κ3) is 6.57. The number of hydrogen-bond donors (Lipinski definition) is 2. The van der Waals surface area contributed by atoms with Crippen LogP contribution >= 0.6 is 23.2 Å². The van der Waals surface area contributed by atoms with Crippen LogP contribution < -0.4 is 15.5 Å². The quantitative estimate of drug-likeness (QED) is 0.269. The van der Waals surface area contributed by atoms with Gasteiger partial charge in [0.05, 0.1) is 5.71 Å². The molecule has 0 aliphatic carbocycles. The van der Waals surface area contributed by atoms with Crippen molar-refractivity contribution in [2.45, 2.75) is 27.4 Å². The number of aryl methyl sites for hydroxylation is 2. The number of halogens is 2.